The molecule has 1 aromatic rings. The summed E-state index contributed by atoms with van der Waals surface area (Å²) >= 11 is 0. The van der Waals surface area contributed by atoms with Gasteiger partial charge in [-0.1, -0.05) is 0 Å². The fourth-order valence-corrected chi connectivity index (χ4v) is 5.87. The monoisotopic (exact) mass is 387 g/mol. The first-order valence-electron chi connectivity index (χ1n) is 9.95. The van der Waals surface area contributed by atoms with Crippen molar-refractivity contribution in [3.05, 3.63) is 17.7 Å². The summed E-state index contributed by atoms with van der Waals surface area (Å²) in [4.78, 5) is 12.5. The standard InChI is InChI=1S/C21H29N3O4/c1-26-17-7-16(8-18(27-2)19(17)28-3)12-22-24-20(25)23-21-9-13-4-14(10-21)6-15(5-13)11-21/h7-8,12-15H,4-6,9-11H2,1-3H3,(H2,23,24,25)/b22-12+. The number of benzene rings is 1. The van der Waals surface area contributed by atoms with Crippen LogP contribution in [0, 0.1) is 17.8 Å². The summed E-state index contributed by atoms with van der Waals surface area (Å²) in [6.07, 6.45) is 8.96. The number of methoxy groups -OCH3 is 3. The Kier molecular flexibility index (Phi) is 5.08. The largest absolute Gasteiger partial charge is 0.493 e. The molecule has 0 unspecified atom stereocenters. The second kappa shape index (κ2) is 7.53. The first kappa shape index (κ1) is 18.9. The number of hydrogen-bond acceptors (Lipinski definition) is 5. The van der Waals surface area contributed by atoms with E-state index in [-0.39, 0.29) is 11.6 Å². The van der Waals surface area contributed by atoms with Crippen molar-refractivity contribution in [2.45, 2.75) is 44.1 Å². The number of ether oxygens (including phenoxy) is 3. The van der Waals surface area contributed by atoms with E-state index >= 15 is 0 Å². The first-order valence-corrected chi connectivity index (χ1v) is 9.95. The van der Waals surface area contributed by atoms with Crippen molar-refractivity contribution in [3.8, 4) is 17.2 Å². The van der Waals surface area contributed by atoms with Crippen molar-refractivity contribution in [2.24, 2.45) is 22.9 Å². The van der Waals surface area contributed by atoms with E-state index in [2.05, 4.69) is 15.8 Å². The Bertz CT molecular complexity index is 717. The van der Waals surface area contributed by atoms with Crippen molar-refractivity contribution in [3.63, 3.8) is 0 Å². The predicted molar refractivity (Wildman–Crippen MR) is 106 cm³/mol. The average Bonchev–Trinajstić information content (AvgIpc) is 2.65. The van der Waals surface area contributed by atoms with E-state index in [0.29, 0.717) is 17.2 Å². The number of carbonyl (C=O) groups excluding carboxylic acids is 1. The van der Waals surface area contributed by atoms with Crippen LogP contribution in [0.3, 0.4) is 0 Å². The summed E-state index contributed by atoms with van der Waals surface area (Å²) in [5.41, 5.74) is 3.33. The highest BCUT2D eigenvalue weighted by Crippen LogP contribution is 2.55. The second-order valence-corrected chi connectivity index (χ2v) is 8.48. The topological polar surface area (TPSA) is 81.2 Å². The number of nitrogens with zero attached hydrogens (tertiary/aromatic N) is 1. The Balaban J connectivity index is 1.39. The van der Waals surface area contributed by atoms with Gasteiger partial charge in [0.05, 0.1) is 27.5 Å². The number of urea groups is 1. The fourth-order valence-electron chi connectivity index (χ4n) is 5.87. The molecule has 2 N–H and O–H groups in total. The third-order valence-corrected chi connectivity index (χ3v) is 6.48. The molecule has 0 heterocycles. The van der Waals surface area contributed by atoms with Gasteiger partial charge in [-0.2, -0.15) is 5.10 Å². The molecule has 28 heavy (non-hydrogen) atoms. The molecule has 4 bridgehead atoms. The van der Waals surface area contributed by atoms with Crippen LogP contribution in [0.15, 0.2) is 17.2 Å². The highest BCUT2D eigenvalue weighted by atomic mass is 16.5. The lowest BCUT2D eigenvalue weighted by Gasteiger charge is -2.56. The average molecular weight is 387 g/mol. The van der Waals surface area contributed by atoms with Crippen LogP contribution in [-0.2, 0) is 0 Å². The highest BCUT2D eigenvalue weighted by molar-refractivity contribution is 5.84. The summed E-state index contributed by atoms with van der Waals surface area (Å²) in [5.74, 6) is 3.97. The quantitative estimate of drug-likeness (QED) is 0.580. The molecule has 1 aromatic carbocycles. The number of hydrazone groups is 1. The van der Waals surface area contributed by atoms with E-state index in [0.717, 1.165) is 42.6 Å². The Morgan fingerprint density at radius 3 is 2.00 bits per heavy atom. The van der Waals surface area contributed by atoms with Gasteiger partial charge in [0, 0.05) is 11.1 Å². The maximum Gasteiger partial charge on any atom is 0.335 e. The minimum Gasteiger partial charge on any atom is -0.493 e. The molecular formula is C21H29N3O4. The molecule has 5 rings (SSSR count). The van der Waals surface area contributed by atoms with Gasteiger partial charge in [0.2, 0.25) is 5.75 Å². The van der Waals surface area contributed by atoms with Crippen molar-refractivity contribution < 1.29 is 19.0 Å². The fraction of sp³-hybridized carbons (Fsp3) is 0.619. The highest BCUT2D eigenvalue weighted by Gasteiger charge is 2.51. The molecule has 7 heteroatoms. The minimum absolute atomic E-state index is 0.0269. The zero-order chi connectivity index (χ0) is 19.7. The maximum absolute atomic E-state index is 12.5. The number of amides is 2. The van der Waals surface area contributed by atoms with E-state index in [9.17, 15) is 4.79 Å². The molecule has 4 fully saturated rings. The summed E-state index contributed by atoms with van der Waals surface area (Å²) in [6, 6.07) is 3.33. The minimum atomic E-state index is -0.231. The lowest BCUT2D eigenvalue weighted by Crippen LogP contribution is -2.61. The van der Waals surface area contributed by atoms with Gasteiger partial charge in [0.25, 0.3) is 0 Å². The maximum atomic E-state index is 12.5. The molecule has 4 saturated carbocycles. The molecule has 0 saturated heterocycles. The van der Waals surface area contributed by atoms with E-state index in [4.69, 9.17) is 14.2 Å². The summed E-state index contributed by atoms with van der Waals surface area (Å²) in [7, 11) is 4.69. The van der Waals surface area contributed by atoms with Gasteiger partial charge in [-0.15, -0.1) is 0 Å². The van der Waals surface area contributed by atoms with Crippen LogP contribution in [0.1, 0.15) is 44.1 Å². The second-order valence-electron chi connectivity index (χ2n) is 8.48. The number of carbonyl (C=O) groups is 1. The molecule has 0 aliphatic heterocycles. The van der Waals surface area contributed by atoms with E-state index in [1.807, 2.05) is 0 Å². The Morgan fingerprint density at radius 2 is 1.54 bits per heavy atom. The molecule has 0 aromatic heterocycles. The normalized spacial score (nSPS) is 30.3. The molecule has 4 aliphatic carbocycles. The molecule has 0 atom stereocenters. The van der Waals surface area contributed by atoms with Crippen LogP contribution in [0.5, 0.6) is 17.2 Å². The van der Waals surface area contributed by atoms with Crippen molar-refractivity contribution >= 4 is 12.2 Å². The number of hydrogen-bond donors (Lipinski definition) is 2. The van der Waals surface area contributed by atoms with E-state index in [1.54, 1.807) is 39.7 Å². The van der Waals surface area contributed by atoms with Crippen LogP contribution in [0.2, 0.25) is 0 Å². The van der Waals surface area contributed by atoms with E-state index in [1.165, 1.54) is 19.3 Å². The smallest absolute Gasteiger partial charge is 0.335 e. The number of rotatable bonds is 6. The van der Waals surface area contributed by atoms with Crippen LogP contribution in [0.25, 0.3) is 0 Å². The van der Waals surface area contributed by atoms with Crippen LogP contribution >= 0.6 is 0 Å². The molecule has 0 radical (unpaired) electrons. The lowest BCUT2D eigenvalue weighted by molar-refractivity contribution is -0.0135. The van der Waals surface area contributed by atoms with Crippen molar-refractivity contribution in [2.75, 3.05) is 21.3 Å². The summed E-state index contributed by atoms with van der Waals surface area (Å²) in [5, 5.41) is 7.35. The van der Waals surface area contributed by atoms with Crippen molar-refractivity contribution in [1.82, 2.24) is 10.7 Å². The first-order chi connectivity index (χ1) is 13.5. The lowest BCUT2D eigenvalue weighted by atomic mass is 9.53. The summed E-state index contributed by atoms with van der Waals surface area (Å²) < 4.78 is 16.0. The van der Waals surface area contributed by atoms with Gasteiger partial charge in [0.15, 0.2) is 11.5 Å². The van der Waals surface area contributed by atoms with Gasteiger partial charge in [-0.25, -0.2) is 10.2 Å². The SMILES string of the molecule is COc1cc(/C=N/NC(=O)NC23CC4CC(CC(C4)C2)C3)cc(OC)c1OC. The van der Waals surface area contributed by atoms with E-state index < -0.39 is 0 Å². The third-order valence-electron chi connectivity index (χ3n) is 6.48. The van der Waals surface area contributed by atoms with Crippen LogP contribution < -0.4 is 25.0 Å². The van der Waals surface area contributed by atoms with Crippen molar-refractivity contribution in [1.29, 1.82) is 0 Å². The Labute approximate surface area is 165 Å². The van der Waals surface area contributed by atoms with Gasteiger partial charge < -0.3 is 19.5 Å². The molecule has 2 amide bonds. The number of nitrogens with one attached hydrogen (secondary N) is 2. The van der Waals surface area contributed by atoms with Gasteiger partial charge in [-0.05, 0) is 68.4 Å². The van der Waals surface area contributed by atoms with Crippen LogP contribution in [0.4, 0.5) is 4.79 Å². The predicted octanol–water partition coefficient (Wildman–Crippen LogP) is 3.31. The van der Waals surface area contributed by atoms with Gasteiger partial charge in [-0.3, -0.25) is 0 Å². The zero-order valence-electron chi connectivity index (χ0n) is 16.8. The molecular weight excluding hydrogens is 358 g/mol. The molecule has 4 aliphatic rings. The summed E-state index contributed by atoms with van der Waals surface area (Å²) in [6.45, 7) is 0. The third kappa shape index (κ3) is 3.62. The zero-order valence-corrected chi connectivity index (χ0v) is 16.8. The Morgan fingerprint density at radius 1 is 1.00 bits per heavy atom. The van der Waals surface area contributed by atoms with Crippen LogP contribution in [-0.4, -0.2) is 39.1 Å². The van der Waals surface area contributed by atoms with Gasteiger partial charge in [0.1, 0.15) is 0 Å². The Hall–Kier alpha value is -2.44. The van der Waals surface area contributed by atoms with Gasteiger partial charge >= 0.3 is 6.03 Å². The molecule has 7 nitrogen and oxygen atoms in total. The molecule has 0 spiro atoms. The molecule has 152 valence electrons.